The standard InChI is InChI=1S/C24H23NO3S/c1-17-8-12-21(13-9-17)29(27,28)25-15-14-22(26)24(2,3)23(25)20-11-10-18-6-4-5-7-19(18)16-20/h4-16,23H,1-3H3. The number of fused-ring (bicyclic) bond motifs is 1. The second-order valence-electron chi connectivity index (χ2n) is 8.06. The fraction of sp³-hybridized carbons (Fsp3) is 0.208. The molecule has 148 valence electrons. The first-order chi connectivity index (χ1) is 13.7. The van der Waals surface area contributed by atoms with Crippen LogP contribution in [0.15, 0.2) is 83.9 Å². The normalized spacial score (nSPS) is 18.9. The Morgan fingerprint density at radius 1 is 0.897 bits per heavy atom. The summed E-state index contributed by atoms with van der Waals surface area (Å²) in [6, 6.07) is 19.9. The van der Waals surface area contributed by atoms with E-state index in [1.54, 1.807) is 38.1 Å². The molecular weight excluding hydrogens is 382 g/mol. The fourth-order valence-electron chi connectivity index (χ4n) is 3.89. The van der Waals surface area contributed by atoms with E-state index in [1.165, 1.54) is 16.6 Å². The zero-order valence-electron chi connectivity index (χ0n) is 16.7. The van der Waals surface area contributed by atoms with Crippen molar-refractivity contribution in [2.75, 3.05) is 0 Å². The molecule has 1 aliphatic heterocycles. The van der Waals surface area contributed by atoms with E-state index in [1.807, 2.05) is 49.4 Å². The summed E-state index contributed by atoms with van der Waals surface area (Å²) in [5.74, 6) is -0.0917. The van der Waals surface area contributed by atoms with Gasteiger partial charge in [-0.05, 0) is 47.5 Å². The molecule has 0 aliphatic carbocycles. The number of rotatable bonds is 3. The molecule has 0 saturated carbocycles. The molecule has 0 spiro atoms. The molecule has 0 amide bonds. The van der Waals surface area contributed by atoms with E-state index in [-0.39, 0.29) is 10.7 Å². The number of allylic oxidation sites excluding steroid dienone is 1. The van der Waals surface area contributed by atoms with Crippen molar-refractivity contribution in [3.63, 3.8) is 0 Å². The molecule has 0 radical (unpaired) electrons. The van der Waals surface area contributed by atoms with Crippen LogP contribution in [-0.4, -0.2) is 18.5 Å². The highest BCUT2D eigenvalue weighted by Crippen LogP contribution is 2.45. The molecule has 1 atom stereocenters. The zero-order valence-corrected chi connectivity index (χ0v) is 17.5. The predicted molar refractivity (Wildman–Crippen MR) is 115 cm³/mol. The zero-order chi connectivity index (χ0) is 20.8. The van der Waals surface area contributed by atoms with E-state index in [2.05, 4.69) is 0 Å². The van der Waals surface area contributed by atoms with Crippen molar-refractivity contribution in [2.24, 2.45) is 5.41 Å². The molecule has 0 N–H and O–H groups in total. The molecule has 4 rings (SSSR count). The Morgan fingerprint density at radius 2 is 1.55 bits per heavy atom. The van der Waals surface area contributed by atoms with Gasteiger partial charge in [0, 0.05) is 6.20 Å². The van der Waals surface area contributed by atoms with Crippen LogP contribution in [0.25, 0.3) is 10.8 Å². The first-order valence-electron chi connectivity index (χ1n) is 9.53. The fourth-order valence-corrected chi connectivity index (χ4v) is 5.49. The third-order valence-corrected chi connectivity index (χ3v) is 7.39. The van der Waals surface area contributed by atoms with Crippen molar-refractivity contribution in [1.82, 2.24) is 4.31 Å². The number of benzene rings is 3. The summed E-state index contributed by atoms with van der Waals surface area (Å²) in [6.45, 7) is 5.52. The highest BCUT2D eigenvalue weighted by Gasteiger charge is 2.46. The minimum absolute atomic E-state index is 0.0917. The predicted octanol–water partition coefficient (Wildman–Crippen LogP) is 5.00. The van der Waals surface area contributed by atoms with Gasteiger partial charge in [-0.2, -0.15) is 0 Å². The van der Waals surface area contributed by atoms with Gasteiger partial charge in [0.1, 0.15) is 0 Å². The van der Waals surface area contributed by atoms with Crippen molar-refractivity contribution in [2.45, 2.75) is 31.7 Å². The number of ketones is 1. The first-order valence-corrected chi connectivity index (χ1v) is 11.0. The monoisotopic (exact) mass is 405 g/mol. The van der Waals surface area contributed by atoms with Crippen LogP contribution in [0.2, 0.25) is 0 Å². The Balaban J connectivity index is 1.90. The van der Waals surface area contributed by atoms with Gasteiger partial charge in [-0.25, -0.2) is 8.42 Å². The summed E-state index contributed by atoms with van der Waals surface area (Å²) in [7, 11) is -3.83. The SMILES string of the molecule is Cc1ccc(S(=O)(=O)N2C=CC(=O)C(C)(C)C2c2ccc3ccccc3c2)cc1. The number of sulfonamides is 1. The first kappa shape index (κ1) is 19.4. The highest BCUT2D eigenvalue weighted by atomic mass is 32.2. The smallest absolute Gasteiger partial charge is 0.264 e. The maximum atomic E-state index is 13.5. The maximum Gasteiger partial charge on any atom is 0.264 e. The van der Waals surface area contributed by atoms with E-state index in [4.69, 9.17) is 0 Å². The number of nitrogens with zero attached hydrogens (tertiary/aromatic N) is 1. The van der Waals surface area contributed by atoms with Crippen molar-refractivity contribution in [1.29, 1.82) is 0 Å². The van der Waals surface area contributed by atoms with Crippen LogP contribution in [0.4, 0.5) is 0 Å². The number of hydrogen-bond donors (Lipinski definition) is 0. The lowest BCUT2D eigenvalue weighted by Crippen LogP contribution is -2.45. The van der Waals surface area contributed by atoms with Crippen LogP contribution in [-0.2, 0) is 14.8 Å². The van der Waals surface area contributed by atoms with Gasteiger partial charge in [0.15, 0.2) is 5.78 Å². The molecule has 1 unspecified atom stereocenters. The Kier molecular flexibility index (Phi) is 4.58. The summed E-state index contributed by atoms with van der Waals surface area (Å²) in [4.78, 5) is 12.9. The molecule has 1 aliphatic rings. The molecule has 3 aromatic carbocycles. The van der Waals surface area contributed by atoms with Crippen molar-refractivity contribution in [3.05, 3.63) is 90.1 Å². The van der Waals surface area contributed by atoms with Crippen molar-refractivity contribution in [3.8, 4) is 0 Å². The van der Waals surface area contributed by atoms with Crippen LogP contribution >= 0.6 is 0 Å². The second kappa shape index (κ2) is 6.85. The molecule has 3 aromatic rings. The van der Waals surface area contributed by atoms with Crippen LogP contribution in [0.3, 0.4) is 0 Å². The molecule has 0 aromatic heterocycles. The van der Waals surface area contributed by atoms with Crippen LogP contribution < -0.4 is 0 Å². The third kappa shape index (κ3) is 3.25. The lowest BCUT2D eigenvalue weighted by atomic mass is 9.75. The molecule has 1 heterocycles. The highest BCUT2D eigenvalue weighted by molar-refractivity contribution is 7.89. The molecular formula is C24H23NO3S. The third-order valence-electron chi connectivity index (χ3n) is 5.63. The molecule has 29 heavy (non-hydrogen) atoms. The summed E-state index contributed by atoms with van der Waals surface area (Å²) in [5.41, 5.74) is 0.872. The quantitative estimate of drug-likeness (QED) is 0.616. The van der Waals surface area contributed by atoms with Gasteiger partial charge in [0.25, 0.3) is 10.0 Å². The minimum Gasteiger partial charge on any atom is -0.294 e. The van der Waals surface area contributed by atoms with E-state index >= 15 is 0 Å². The lowest BCUT2D eigenvalue weighted by Gasteiger charge is -2.42. The number of carbonyl (C=O) groups is 1. The minimum atomic E-state index is -3.83. The topological polar surface area (TPSA) is 54.5 Å². The van der Waals surface area contributed by atoms with E-state index in [0.29, 0.717) is 0 Å². The van der Waals surface area contributed by atoms with Crippen molar-refractivity contribution >= 4 is 26.6 Å². The van der Waals surface area contributed by atoms with E-state index in [9.17, 15) is 13.2 Å². The van der Waals surface area contributed by atoms with Gasteiger partial charge in [-0.3, -0.25) is 9.10 Å². The van der Waals surface area contributed by atoms with Crippen LogP contribution in [0.5, 0.6) is 0 Å². The number of aryl methyl sites for hydroxylation is 1. The molecule has 0 fully saturated rings. The van der Waals surface area contributed by atoms with Gasteiger partial charge < -0.3 is 0 Å². The molecule has 5 heteroatoms. The van der Waals surface area contributed by atoms with Crippen molar-refractivity contribution < 1.29 is 13.2 Å². The Labute approximate surface area is 171 Å². The largest absolute Gasteiger partial charge is 0.294 e. The van der Waals surface area contributed by atoms with Crippen LogP contribution in [0.1, 0.15) is 31.0 Å². The lowest BCUT2D eigenvalue weighted by molar-refractivity contribution is -0.125. The van der Waals surface area contributed by atoms with Crippen LogP contribution in [0, 0.1) is 12.3 Å². The Hall–Kier alpha value is -2.92. The Morgan fingerprint density at radius 3 is 2.24 bits per heavy atom. The van der Waals surface area contributed by atoms with Gasteiger partial charge in [0.2, 0.25) is 0 Å². The number of hydrogen-bond acceptors (Lipinski definition) is 3. The van der Waals surface area contributed by atoms with Gasteiger partial charge >= 0.3 is 0 Å². The average molecular weight is 406 g/mol. The summed E-state index contributed by atoms with van der Waals surface area (Å²) >= 11 is 0. The van der Waals surface area contributed by atoms with Gasteiger partial charge in [0.05, 0.1) is 16.4 Å². The summed E-state index contributed by atoms with van der Waals surface area (Å²) < 4.78 is 28.3. The molecule has 4 nitrogen and oxygen atoms in total. The van der Waals surface area contributed by atoms with Gasteiger partial charge in [-0.1, -0.05) is 67.9 Å². The molecule has 0 saturated heterocycles. The summed E-state index contributed by atoms with van der Waals surface area (Å²) in [6.07, 6.45) is 2.77. The van der Waals surface area contributed by atoms with E-state index in [0.717, 1.165) is 21.9 Å². The molecule has 0 bridgehead atoms. The van der Waals surface area contributed by atoms with Gasteiger partial charge in [-0.15, -0.1) is 0 Å². The summed E-state index contributed by atoms with van der Waals surface area (Å²) in [5, 5.41) is 2.08. The van der Waals surface area contributed by atoms with E-state index < -0.39 is 21.5 Å². The maximum absolute atomic E-state index is 13.5. The number of carbonyl (C=O) groups excluding carboxylic acids is 1. The Bertz CT molecular complexity index is 1220. The second-order valence-corrected chi connectivity index (χ2v) is 9.90. The average Bonchev–Trinajstić information content (AvgIpc) is 2.69.